The van der Waals surface area contributed by atoms with Crippen molar-refractivity contribution in [3.63, 3.8) is 0 Å². The first-order chi connectivity index (χ1) is 16.2. The summed E-state index contributed by atoms with van der Waals surface area (Å²) in [5, 5.41) is 8.99. The van der Waals surface area contributed by atoms with Crippen molar-refractivity contribution in [3.8, 4) is 0 Å². The van der Waals surface area contributed by atoms with Crippen molar-refractivity contribution in [1.29, 1.82) is 5.41 Å². The maximum absolute atomic E-state index is 13.6. The van der Waals surface area contributed by atoms with E-state index in [2.05, 4.69) is 0 Å². The van der Waals surface area contributed by atoms with E-state index in [4.69, 9.17) is 10.1 Å². The maximum atomic E-state index is 13.6. The molecule has 1 atom stereocenters. The van der Waals surface area contributed by atoms with Crippen molar-refractivity contribution in [2.75, 3.05) is 13.7 Å². The number of nitrogens with zero attached hydrogens (tertiary/aromatic N) is 2. The zero-order valence-electron chi connectivity index (χ0n) is 19.5. The molecule has 0 saturated carbocycles. The second-order valence-corrected chi connectivity index (χ2v) is 8.77. The highest BCUT2D eigenvalue weighted by atomic mass is 19.4. The third-order valence-corrected chi connectivity index (χ3v) is 6.11. The van der Waals surface area contributed by atoms with Crippen molar-refractivity contribution in [3.05, 3.63) is 100 Å². The summed E-state index contributed by atoms with van der Waals surface area (Å²) >= 11 is 0. The second-order valence-electron chi connectivity index (χ2n) is 8.77. The summed E-state index contributed by atoms with van der Waals surface area (Å²) in [4.78, 5) is 0. The van der Waals surface area contributed by atoms with Gasteiger partial charge in [0.15, 0.2) is 0 Å². The number of rotatable bonds is 7. The molecule has 0 bridgehead atoms. The zero-order valence-corrected chi connectivity index (χ0v) is 19.5. The Bertz CT molecular complexity index is 1330. The minimum atomic E-state index is -4.47. The van der Waals surface area contributed by atoms with Gasteiger partial charge in [-0.15, -0.1) is 0 Å². The van der Waals surface area contributed by atoms with Crippen molar-refractivity contribution in [2.45, 2.75) is 39.0 Å². The van der Waals surface area contributed by atoms with E-state index in [1.165, 1.54) is 6.07 Å². The number of alkyl halides is 3. The Kier molecular flexibility index (Phi) is 6.66. The zero-order chi connectivity index (χ0) is 24.5. The number of aromatic nitrogens is 2. The molecular formula is C27H28F3N3O. The molecule has 0 amide bonds. The Hall–Kier alpha value is -3.32. The van der Waals surface area contributed by atoms with Crippen LogP contribution in [0, 0.1) is 19.3 Å². The lowest BCUT2D eigenvalue weighted by molar-refractivity contribution is -0.137. The molecule has 1 unspecified atom stereocenters. The number of benzene rings is 3. The molecule has 1 N–H and O–H groups in total. The Morgan fingerprint density at radius 2 is 1.44 bits per heavy atom. The maximum Gasteiger partial charge on any atom is 0.416 e. The number of hydrogen-bond donors (Lipinski definition) is 1. The van der Waals surface area contributed by atoms with Gasteiger partial charge in [0, 0.05) is 7.11 Å². The number of ether oxygens (including phenoxy) is 1. The minimum Gasteiger partial charge on any atom is -0.383 e. The predicted molar refractivity (Wildman–Crippen MR) is 127 cm³/mol. The van der Waals surface area contributed by atoms with Crippen LogP contribution in [-0.4, -0.2) is 22.9 Å². The number of fused-ring (bicyclic) bond motifs is 1. The summed E-state index contributed by atoms with van der Waals surface area (Å²) in [7, 11) is 1.57. The van der Waals surface area contributed by atoms with E-state index in [9.17, 15) is 13.2 Å². The fourth-order valence-electron chi connectivity index (χ4n) is 4.30. The largest absolute Gasteiger partial charge is 0.416 e. The Morgan fingerprint density at radius 3 is 2.00 bits per heavy atom. The lowest BCUT2D eigenvalue weighted by Crippen LogP contribution is -2.31. The molecule has 4 nitrogen and oxygen atoms in total. The third-order valence-electron chi connectivity index (χ3n) is 6.11. The number of aryl methyl sites for hydroxylation is 2. The molecule has 0 aliphatic heterocycles. The Morgan fingerprint density at radius 1 is 0.853 bits per heavy atom. The number of methoxy groups -OCH3 is 1. The van der Waals surface area contributed by atoms with E-state index in [1.807, 2.05) is 62.4 Å². The molecule has 0 aliphatic carbocycles. The van der Waals surface area contributed by atoms with Crippen LogP contribution in [0.15, 0.2) is 66.7 Å². The molecule has 0 fully saturated rings. The second kappa shape index (κ2) is 9.50. The van der Waals surface area contributed by atoms with E-state index < -0.39 is 11.7 Å². The van der Waals surface area contributed by atoms with Crippen LogP contribution in [0.1, 0.15) is 33.9 Å². The van der Waals surface area contributed by atoms with Crippen molar-refractivity contribution < 1.29 is 17.9 Å². The van der Waals surface area contributed by atoms with E-state index in [0.717, 1.165) is 34.4 Å². The predicted octanol–water partition coefficient (Wildman–Crippen LogP) is 6.04. The highest BCUT2D eigenvalue weighted by Gasteiger charge is 2.32. The number of halogens is 3. The molecule has 0 radical (unpaired) electrons. The van der Waals surface area contributed by atoms with E-state index in [-0.39, 0.29) is 18.3 Å². The molecule has 4 rings (SSSR count). The lowest BCUT2D eigenvalue weighted by atomic mass is 10.0. The molecule has 34 heavy (non-hydrogen) atoms. The fraction of sp³-hybridized carbons (Fsp3) is 0.296. The molecule has 1 heterocycles. The summed E-state index contributed by atoms with van der Waals surface area (Å²) in [6.07, 6.45) is -3.94. The summed E-state index contributed by atoms with van der Waals surface area (Å²) in [5.41, 5.74) is 4.64. The van der Waals surface area contributed by atoms with Gasteiger partial charge in [0.1, 0.15) is 0 Å². The van der Waals surface area contributed by atoms with Gasteiger partial charge in [-0.3, -0.25) is 5.41 Å². The van der Waals surface area contributed by atoms with Crippen LogP contribution in [0.4, 0.5) is 13.2 Å². The topological polar surface area (TPSA) is 42.9 Å². The Balaban J connectivity index is 1.88. The average Bonchev–Trinajstić information content (AvgIpc) is 3.06. The van der Waals surface area contributed by atoms with Gasteiger partial charge in [-0.25, -0.2) is 0 Å². The highest BCUT2D eigenvalue weighted by molar-refractivity contribution is 5.77. The first kappa shape index (κ1) is 23.8. The molecule has 4 aromatic rings. The molecule has 0 spiro atoms. The SMILES string of the molecule is COCC(Cc1ccc(C)cc1)n1c(=N)n(Cc2ccc(C)cc2)c2ccc(C(F)(F)F)cc21. The van der Waals surface area contributed by atoms with Crippen LogP contribution in [-0.2, 0) is 23.9 Å². The minimum absolute atomic E-state index is 0.143. The number of imidazole rings is 1. The monoisotopic (exact) mass is 467 g/mol. The molecular weight excluding hydrogens is 439 g/mol. The average molecular weight is 468 g/mol. The van der Waals surface area contributed by atoms with Gasteiger partial charge in [0.2, 0.25) is 5.62 Å². The van der Waals surface area contributed by atoms with Crippen LogP contribution in [0.25, 0.3) is 11.0 Å². The highest BCUT2D eigenvalue weighted by Crippen LogP contribution is 2.32. The van der Waals surface area contributed by atoms with Gasteiger partial charge in [-0.2, -0.15) is 13.2 Å². The molecule has 1 aromatic heterocycles. The lowest BCUT2D eigenvalue weighted by Gasteiger charge is -2.20. The van der Waals surface area contributed by atoms with Crippen LogP contribution in [0.3, 0.4) is 0 Å². The summed E-state index contributed by atoms with van der Waals surface area (Å²) in [5.74, 6) is 0. The van der Waals surface area contributed by atoms with Crippen molar-refractivity contribution >= 4 is 11.0 Å². The van der Waals surface area contributed by atoms with Gasteiger partial charge in [0.05, 0.1) is 35.8 Å². The quantitative estimate of drug-likeness (QED) is 0.354. The number of nitrogens with one attached hydrogen (secondary N) is 1. The van der Waals surface area contributed by atoms with Gasteiger partial charge in [0.25, 0.3) is 0 Å². The van der Waals surface area contributed by atoms with Crippen LogP contribution >= 0.6 is 0 Å². The van der Waals surface area contributed by atoms with Gasteiger partial charge >= 0.3 is 6.18 Å². The van der Waals surface area contributed by atoms with Gasteiger partial charge in [-0.1, -0.05) is 59.7 Å². The van der Waals surface area contributed by atoms with Crippen LogP contribution in [0.5, 0.6) is 0 Å². The van der Waals surface area contributed by atoms with E-state index >= 15 is 0 Å². The molecule has 7 heteroatoms. The van der Waals surface area contributed by atoms with Crippen LogP contribution < -0.4 is 5.62 Å². The third kappa shape index (κ3) is 4.94. The first-order valence-corrected chi connectivity index (χ1v) is 11.1. The molecule has 0 aliphatic rings. The van der Waals surface area contributed by atoms with Crippen LogP contribution in [0.2, 0.25) is 0 Å². The molecule has 178 valence electrons. The number of hydrogen-bond acceptors (Lipinski definition) is 2. The normalized spacial score (nSPS) is 12.9. The van der Waals surface area contributed by atoms with E-state index in [0.29, 0.717) is 24.0 Å². The first-order valence-electron chi connectivity index (χ1n) is 11.1. The van der Waals surface area contributed by atoms with Crippen molar-refractivity contribution in [2.24, 2.45) is 0 Å². The Labute approximate surface area is 196 Å². The standard InChI is InChI=1S/C27H28F3N3O/c1-18-4-8-20(9-5-18)14-23(17-34-3)33-25-15-22(27(28,29)30)12-13-24(25)32(26(33)31)16-21-10-6-19(2)7-11-21/h4-13,15,23,31H,14,16-17H2,1-3H3. The summed E-state index contributed by atoms with van der Waals surface area (Å²) < 4.78 is 49.7. The summed E-state index contributed by atoms with van der Waals surface area (Å²) in [6, 6.07) is 19.3. The smallest absolute Gasteiger partial charge is 0.383 e. The van der Waals surface area contributed by atoms with E-state index in [1.54, 1.807) is 16.2 Å². The van der Waals surface area contributed by atoms with Gasteiger partial charge in [-0.05, 0) is 49.6 Å². The molecule has 0 saturated heterocycles. The fourth-order valence-corrected chi connectivity index (χ4v) is 4.30. The van der Waals surface area contributed by atoms with Gasteiger partial charge < -0.3 is 13.9 Å². The molecule has 3 aromatic carbocycles. The van der Waals surface area contributed by atoms with Crippen molar-refractivity contribution in [1.82, 2.24) is 9.13 Å². The summed E-state index contributed by atoms with van der Waals surface area (Å²) in [6.45, 7) is 4.66.